The molecule has 1 N–H and O–H groups in total. The van der Waals surface area contributed by atoms with Gasteiger partial charge in [0.25, 0.3) is 5.69 Å². The minimum absolute atomic E-state index is 0.0475. The normalized spacial score (nSPS) is 11.9. The van der Waals surface area contributed by atoms with Crippen LogP contribution in [0.4, 0.5) is 11.5 Å². The lowest BCUT2D eigenvalue weighted by molar-refractivity contribution is -0.385. The van der Waals surface area contributed by atoms with Crippen LogP contribution in [0.15, 0.2) is 42.5 Å². The molecule has 0 bridgehead atoms. The van der Waals surface area contributed by atoms with Crippen LogP contribution in [0.25, 0.3) is 0 Å². The highest BCUT2D eigenvalue weighted by molar-refractivity contribution is 5.45. The maximum Gasteiger partial charge on any atom is 0.290 e. The number of anilines is 1. The quantitative estimate of drug-likeness (QED) is 0.669. The summed E-state index contributed by atoms with van der Waals surface area (Å²) in [5.41, 5.74) is 1.71. The van der Waals surface area contributed by atoms with Crippen molar-refractivity contribution in [2.75, 3.05) is 5.32 Å². The van der Waals surface area contributed by atoms with Crippen molar-refractivity contribution in [3.05, 3.63) is 63.8 Å². The molecule has 5 heteroatoms. The van der Waals surface area contributed by atoms with E-state index in [1.807, 2.05) is 18.2 Å². The highest BCUT2D eigenvalue weighted by atomic mass is 16.6. The molecule has 0 saturated heterocycles. The molecule has 1 aromatic carbocycles. The number of pyridine rings is 1. The molecule has 0 saturated carbocycles. The van der Waals surface area contributed by atoms with Crippen LogP contribution in [0.3, 0.4) is 0 Å². The molecule has 2 rings (SSSR count). The van der Waals surface area contributed by atoms with Crippen LogP contribution in [0.2, 0.25) is 0 Å². The molecule has 0 radical (unpaired) electrons. The van der Waals surface area contributed by atoms with Gasteiger partial charge in [-0.2, -0.15) is 0 Å². The Morgan fingerprint density at radius 1 is 1.25 bits per heavy atom. The summed E-state index contributed by atoms with van der Waals surface area (Å²) in [6.07, 6.45) is 0.874. The average Bonchev–Trinajstić information content (AvgIpc) is 2.39. The number of aromatic nitrogens is 1. The monoisotopic (exact) mass is 271 g/mol. The van der Waals surface area contributed by atoms with Crippen molar-refractivity contribution in [2.45, 2.75) is 26.3 Å². The molecule has 1 atom stereocenters. The number of hydrogen-bond donors (Lipinski definition) is 1. The molecule has 104 valence electrons. The van der Waals surface area contributed by atoms with E-state index in [-0.39, 0.29) is 11.7 Å². The van der Waals surface area contributed by atoms with Crippen molar-refractivity contribution >= 4 is 11.5 Å². The molecule has 0 aliphatic rings. The fourth-order valence-corrected chi connectivity index (χ4v) is 2.10. The lowest BCUT2D eigenvalue weighted by Crippen LogP contribution is -2.19. The van der Waals surface area contributed by atoms with E-state index in [4.69, 9.17) is 0 Å². The Morgan fingerprint density at radius 2 is 1.95 bits per heavy atom. The van der Waals surface area contributed by atoms with Gasteiger partial charge in [0.05, 0.1) is 4.92 Å². The zero-order valence-corrected chi connectivity index (χ0v) is 11.5. The number of rotatable bonds is 5. The Morgan fingerprint density at radius 3 is 2.55 bits per heavy atom. The summed E-state index contributed by atoms with van der Waals surface area (Å²) in [5.74, 6) is 0.663. The van der Waals surface area contributed by atoms with Gasteiger partial charge in [0.1, 0.15) is 11.5 Å². The first-order valence-electron chi connectivity index (χ1n) is 6.49. The molecule has 1 heterocycles. The summed E-state index contributed by atoms with van der Waals surface area (Å²) in [6, 6.07) is 13.5. The average molecular weight is 271 g/mol. The van der Waals surface area contributed by atoms with Gasteiger partial charge in [0.2, 0.25) is 0 Å². The van der Waals surface area contributed by atoms with E-state index in [9.17, 15) is 10.1 Å². The largest absolute Gasteiger partial charge is 0.367 e. The van der Waals surface area contributed by atoms with Gasteiger partial charge < -0.3 is 5.32 Å². The number of benzene rings is 1. The van der Waals surface area contributed by atoms with E-state index >= 15 is 0 Å². The lowest BCUT2D eigenvalue weighted by atomic mass is 10.1. The Kier molecular flexibility index (Phi) is 4.30. The molecule has 0 fully saturated rings. The van der Waals surface area contributed by atoms with Gasteiger partial charge in [-0.25, -0.2) is 4.98 Å². The summed E-state index contributed by atoms with van der Waals surface area (Å²) >= 11 is 0. The van der Waals surface area contributed by atoms with Gasteiger partial charge in [-0.05, 0) is 31.9 Å². The van der Waals surface area contributed by atoms with Crippen LogP contribution in [0.5, 0.6) is 0 Å². The molecule has 2 aromatic rings. The van der Waals surface area contributed by atoms with Crippen LogP contribution in [-0.2, 0) is 6.42 Å². The van der Waals surface area contributed by atoms with Crippen LogP contribution in [0.1, 0.15) is 18.2 Å². The van der Waals surface area contributed by atoms with Gasteiger partial charge in [-0.15, -0.1) is 0 Å². The summed E-state index contributed by atoms with van der Waals surface area (Å²) in [5, 5.41) is 14.0. The molecule has 0 spiro atoms. The van der Waals surface area contributed by atoms with Crippen LogP contribution in [-0.4, -0.2) is 15.9 Å². The lowest BCUT2D eigenvalue weighted by Gasteiger charge is -2.14. The molecule has 0 amide bonds. The molecule has 20 heavy (non-hydrogen) atoms. The Bertz CT molecular complexity index is 599. The highest BCUT2D eigenvalue weighted by Crippen LogP contribution is 2.18. The molecule has 1 unspecified atom stereocenters. The van der Waals surface area contributed by atoms with E-state index in [0.717, 1.165) is 6.42 Å². The second-order valence-electron chi connectivity index (χ2n) is 4.79. The minimum atomic E-state index is -0.417. The van der Waals surface area contributed by atoms with Crippen LogP contribution >= 0.6 is 0 Å². The summed E-state index contributed by atoms with van der Waals surface area (Å²) in [6.45, 7) is 3.70. The standard InChI is InChI=1S/C15H17N3O2/c1-11(10-13-6-4-3-5-7-13)16-15-9-8-14(18(19)20)12(2)17-15/h3-9,11H,10H2,1-2H3,(H,16,17). The first-order valence-corrected chi connectivity index (χ1v) is 6.49. The predicted octanol–water partition coefficient (Wildman–Crippen LogP) is 3.34. The van der Waals surface area contributed by atoms with E-state index in [1.54, 1.807) is 13.0 Å². The van der Waals surface area contributed by atoms with Gasteiger partial charge in [0.15, 0.2) is 0 Å². The SMILES string of the molecule is Cc1nc(NC(C)Cc2ccccc2)ccc1[N+](=O)[O-]. The predicted molar refractivity (Wildman–Crippen MR) is 78.9 cm³/mol. The molecule has 1 aromatic heterocycles. The first-order chi connectivity index (χ1) is 9.56. The molecular weight excluding hydrogens is 254 g/mol. The van der Waals surface area contributed by atoms with Crippen molar-refractivity contribution in [1.29, 1.82) is 0 Å². The first kappa shape index (κ1) is 14.0. The van der Waals surface area contributed by atoms with Gasteiger partial charge in [0, 0.05) is 12.1 Å². The fraction of sp³-hybridized carbons (Fsp3) is 0.267. The summed E-state index contributed by atoms with van der Waals surface area (Å²) < 4.78 is 0. The number of nitro groups is 1. The van der Waals surface area contributed by atoms with Crippen LogP contribution in [0, 0.1) is 17.0 Å². The number of nitrogens with one attached hydrogen (secondary N) is 1. The van der Waals surface area contributed by atoms with Gasteiger partial charge >= 0.3 is 0 Å². The van der Waals surface area contributed by atoms with Gasteiger partial charge in [-0.1, -0.05) is 30.3 Å². The second-order valence-corrected chi connectivity index (χ2v) is 4.79. The summed E-state index contributed by atoms with van der Waals surface area (Å²) in [7, 11) is 0. The number of aryl methyl sites for hydroxylation is 1. The van der Waals surface area contributed by atoms with E-state index in [1.165, 1.54) is 11.6 Å². The third kappa shape index (κ3) is 3.54. The van der Waals surface area contributed by atoms with Crippen molar-refractivity contribution in [2.24, 2.45) is 0 Å². The van der Waals surface area contributed by atoms with Crippen LogP contribution < -0.4 is 5.32 Å². The molecule has 5 nitrogen and oxygen atoms in total. The van der Waals surface area contributed by atoms with Crippen molar-refractivity contribution in [3.63, 3.8) is 0 Å². The van der Waals surface area contributed by atoms with E-state index in [0.29, 0.717) is 11.5 Å². The Balaban J connectivity index is 2.03. The second kappa shape index (κ2) is 6.14. The third-order valence-corrected chi connectivity index (χ3v) is 3.03. The smallest absolute Gasteiger partial charge is 0.290 e. The van der Waals surface area contributed by atoms with E-state index < -0.39 is 4.92 Å². The highest BCUT2D eigenvalue weighted by Gasteiger charge is 2.12. The zero-order valence-electron chi connectivity index (χ0n) is 11.5. The summed E-state index contributed by atoms with van der Waals surface area (Å²) in [4.78, 5) is 14.5. The van der Waals surface area contributed by atoms with Crippen molar-refractivity contribution in [1.82, 2.24) is 4.98 Å². The zero-order chi connectivity index (χ0) is 14.5. The number of nitrogens with zero attached hydrogens (tertiary/aromatic N) is 2. The number of hydrogen-bond acceptors (Lipinski definition) is 4. The third-order valence-electron chi connectivity index (χ3n) is 3.03. The topological polar surface area (TPSA) is 68.1 Å². The maximum atomic E-state index is 10.7. The molecule has 0 aliphatic heterocycles. The van der Waals surface area contributed by atoms with Crippen molar-refractivity contribution < 1.29 is 4.92 Å². The Labute approximate surface area is 117 Å². The molecule has 0 aliphatic carbocycles. The van der Waals surface area contributed by atoms with E-state index in [2.05, 4.69) is 29.4 Å². The maximum absolute atomic E-state index is 10.7. The minimum Gasteiger partial charge on any atom is -0.367 e. The molecular formula is C15H17N3O2. The van der Waals surface area contributed by atoms with Gasteiger partial charge in [-0.3, -0.25) is 10.1 Å². The Hall–Kier alpha value is -2.43. The van der Waals surface area contributed by atoms with Crippen molar-refractivity contribution in [3.8, 4) is 0 Å². The fourth-order valence-electron chi connectivity index (χ4n) is 2.10.